The van der Waals surface area contributed by atoms with Crippen LogP contribution in [-0.4, -0.2) is 28.0 Å². The molecule has 0 amide bonds. The van der Waals surface area contributed by atoms with Crippen molar-refractivity contribution in [1.82, 2.24) is 10.2 Å². The van der Waals surface area contributed by atoms with Crippen molar-refractivity contribution in [2.75, 3.05) is 6.61 Å². The summed E-state index contributed by atoms with van der Waals surface area (Å²) in [5.41, 5.74) is 0. The van der Waals surface area contributed by atoms with Crippen molar-refractivity contribution in [2.45, 2.75) is 36.3 Å². The summed E-state index contributed by atoms with van der Waals surface area (Å²) < 4.78 is 6.46. The number of rotatable bonds is 6. The predicted molar refractivity (Wildman–Crippen MR) is 68.5 cm³/mol. The first kappa shape index (κ1) is 13.7. The molecule has 0 spiro atoms. The summed E-state index contributed by atoms with van der Waals surface area (Å²) in [6.07, 6.45) is 1.24. The van der Waals surface area contributed by atoms with E-state index in [4.69, 9.17) is 17.0 Å². The van der Waals surface area contributed by atoms with Crippen molar-refractivity contribution < 1.29 is 9.53 Å². The van der Waals surface area contributed by atoms with Crippen LogP contribution < -0.4 is 0 Å². The van der Waals surface area contributed by atoms with Gasteiger partial charge in [0.15, 0.2) is 8.29 Å². The number of carbonyl (C=O) groups excluding carboxylic acids is 1. The van der Waals surface area contributed by atoms with Crippen molar-refractivity contribution in [2.24, 2.45) is 0 Å². The summed E-state index contributed by atoms with van der Waals surface area (Å²) >= 11 is 8.02. The van der Waals surface area contributed by atoms with E-state index in [1.165, 1.54) is 11.3 Å². The minimum Gasteiger partial charge on any atom is -0.466 e. The average molecular weight is 278 g/mol. The van der Waals surface area contributed by atoms with Gasteiger partial charge in [0, 0.05) is 11.7 Å². The largest absolute Gasteiger partial charge is 0.466 e. The third-order valence-electron chi connectivity index (χ3n) is 1.78. The van der Waals surface area contributed by atoms with Gasteiger partial charge in [-0.25, -0.2) is 0 Å². The van der Waals surface area contributed by atoms with Crippen LogP contribution >= 0.6 is 35.3 Å². The van der Waals surface area contributed by atoms with Crippen LogP contribution in [0.4, 0.5) is 0 Å². The van der Waals surface area contributed by atoms with E-state index in [0.717, 1.165) is 10.8 Å². The highest BCUT2D eigenvalue weighted by Crippen LogP contribution is 2.27. The molecule has 1 unspecified atom stereocenters. The van der Waals surface area contributed by atoms with E-state index < -0.39 is 0 Å². The molecule has 1 aromatic heterocycles. The molecule has 1 N–H and O–H groups in total. The molecular weight excluding hydrogens is 264 g/mol. The molecular formula is C9H14N2O2S3. The molecule has 16 heavy (non-hydrogen) atoms. The molecule has 1 heterocycles. The van der Waals surface area contributed by atoms with Crippen LogP contribution in [0.1, 0.15) is 26.7 Å². The normalized spacial score (nSPS) is 12.4. The first-order valence-electron chi connectivity index (χ1n) is 4.99. The smallest absolute Gasteiger partial charge is 0.305 e. The number of ether oxygens (including phenoxy) is 1. The van der Waals surface area contributed by atoms with E-state index in [0.29, 0.717) is 22.2 Å². The minimum atomic E-state index is -0.135. The Hall–Kier alpha value is -0.400. The Bertz CT molecular complexity index is 388. The Balaban J connectivity index is 2.28. The third kappa shape index (κ3) is 5.09. The molecule has 0 radical (unpaired) electrons. The van der Waals surface area contributed by atoms with Crippen molar-refractivity contribution in [3.8, 4) is 0 Å². The number of aromatic amines is 1. The van der Waals surface area contributed by atoms with Crippen LogP contribution in [0.5, 0.6) is 0 Å². The van der Waals surface area contributed by atoms with Crippen molar-refractivity contribution >= 4 is 41.3 Å². The highest BCUT2D eigenvalue weighted by molar-refractivity contribution is 8.01. The van der Waals surface area contributed by atoms with Crippen LogP contribution in [0.25, 0.3) is 0 Å². The number of aromatic nitrogens is 2. The number of hydrogen-bond acceptors (Lipinski definition) is 6. The zero-order chi connectivity index (χ0) is 12.0. The molecule has 90 valence electrons. The zero-order valence-electron chi connectivity index (χ0n) is 9.19. The average Bonchev–Trinajstić information content (AvgIpc) is 2.61. The SMILES string of the molecule is CCOC(=O)CCC(C)Sc1n[nH]c(=S)s1. The first-order chi connectivity index (χ1) is 7.61. The highest BCUT2D eigenvalue weighted by Gasteiger charge is 2.10. The maximum atomic E-state index is 11.1. The van der Waals surface area contributed by atoms with Crippen molar-refractivity contribution in [3.05, 3.63) is 3.95 Å². The number of nitrogens with zero attached hydrogens (tertiary/aromatic N) is 1. The molecule has 1 rings (SSSR count). The van der Waals surface area contributed by atoms with Crippen LogP contribution in [0.15, 0.2) is 4.34 Å². The van der Waals surface area contributed by atoms with Gasteiger partial charge in [-0.3, -0.25) is 9.89 Å². The summed E-state index contributed by atoms with van der Waals surface area (Å²) in [6, 6.07) is 0. The summed E-state index contributed by atoms with van der Waals surface area (Å²) in [4.78, 5) is 11.1. The van der Waals surface area contributed by atoms with Gasteiger partial charge in [-0.1, -0.05) is 30.0 Å². The van der Waals surface area contributed by atoms with Gasteiger partial charge in [-0.15, -0.1) is 0 Å². The molecule has 0 saturated carbocycles. The second-order valence-corrected chi connectivity index (χ2v) is 6.50. The quantitative estimate of drug-likeness (QED) is 0.492. The Morgan fingerprint density at radius 1 is 1.75 bits per heavy atom. The lowest BCUT2D eigenvalue weighted by atomic mass is 10.2. The third-order valence-corrected chi connectivity index (χ3v) is 4.13. The van der Waals surface area contributed by atoms with E-state index in [9.17, 15) is 4.79 Å². The van der Waals surface area contributed by atoms with E-state index in [1.54, 1.807) is 11.8 Å². The lowest BCUT2D eigenvalue weighted by Crippen LogP contribution is -2.07. The van der Waals surface area contributed by atoms with Gasteiger partial charge in [0.25, 0.3) is 0 Å². The topological polar surface area (TPSA) is 55.0 Å². The number of hydrogen-bond donors (Lipinski definition) is 1. The second-order valence-electron chi connectivity index (χ2n) is 3.15. The predicted octanol–water partition coefficient (Wildman–Crippen LogP) is 3.02. The van der Waals surface area contributed by atoms with Crippen LogP contribution in [0, 0.1) is 3.95 Å². The fourth-order valence-electron chi connectivity index (χ4n) is 1.05. The maximum Gasteiger partial charge on any atom is 0.305 e. The van der Waals surface area contributed by atoms with E-state index in [-0.39, 0.29) is 5.97 Å². The van der Waals surface area contributed by atoms with Crippen LogP contribution in [-0.2, 0) is 9.53 Å². The van der Waals surface area contributed by atoms with E-state index in [2.05, 4.69) is 17.1 Å². The van der Waals surface area contributed by atoms with E-state index >= 15 is 0 Å². The summed E-state index contributed by atoms with van der Waals surface area (Å²) in [5, 5.41) is 7.12. The first-order valence-corrected chi connectivity index (χ1v) is 7.10. The summed E-state index contributed by atoms with van der Waals surface area (Å²) in [7, 11) is 0. The summed E-state index contributed by atoms with van der Waals surface area (Å²) in [5.74, 6) is -0.135. The van der Waals surface area contributed by atoms with Gasteiger partial charge >= 0.3 is 5.97 Å². The molecule has 0 aliphatic rings. The molecule has 0 fully saturated rings. The molecule has 7 heteroatoms. The van der Waals surface area contributed by atoms with E-state index in [1.807, 2.05) is 6.92 Å². The van der Waals surface area contributed by atoms with Gasteiger partial charge < -0.3 is 4.74 Å². The maximum absolute atomic E-state index is 11.1. The molecule has 1 atom stereocenters. The lowest BCUT2D eigenvalue weighted by Gasteiger charge is -2.07. The van der Waals surface area contributed by atoms with Crippen LogP contribution in [0.3, 0.4) is 0 Å². The molecule has 0 bridgehead atoms. The number of nitrogens with one attached hydrogen (secondary N) is 1. The van der Waals surface area contributed by atoms with Gasteiger partial charge in [-0.05, 0) is 25.6 Å². The Morgan fingerprint density at radius 2 is 2.50 bits per heavy atom. The number of esters is 1. The van der Waals surface area contributed by atoms with Gasteiger partial charge in [0.1, 0.15) is 0 Å². The Labute approximate surface area is 108 Å². The molecule has 1 aromatic rings. The van der Waals surface area contributed by atoms with Crippen molar-refractivity contribution in [3.63, 3.8) is 0 Å². The fourth-order valence-corrected chi connectivity index (χ4v) is 3.45. The van der Waals surface area contributed by atoms with Gasteiger partial charge in [0.05, 0.1) is 6.61 Å². The molecule has 0 aliphatic heterocycles. The fraction of sp³-hybridized carbons (Fsp3) is 0.667. The molecule has 0 aliphatic carbocycles. The second kappa shape index (κ2) is 7.03. The highest BCUT2D eigenvalue weighted by atomic mass is 32.2. The zero-order valence-corrected chi connectivity index (χ0v) is 11.6. The van der Waals surface area contributed by atoms with Gasteiger partial charge in [-0.2, -0.15) is 5.10 Å². The Kier molecular flexibility index (Phi) is 6.00. The standard InChI is InChI=1S/C9H14N2O2S3/c1-3-13-7(12)5-4-6(2)15-9-11-10-8(14)16-9/h6H,3-5H2,1-2H3,(H,10,14). The number of thioether (sulfide) groups is 1. The lowest BCUT2D eigenvalue weighted by molar-refractivity contribution is -0.143. The summed E-state index contributed by atoms with van der Waals surface area (Å²) in [6.45, 7) is 4.32. The van der Waals surface area contributed by atoms with Gasteiger partial charge in [0.2, 0.25) is 0 Å². The van der Waals surface area contributed by atoms with Crippen molar-refractivity contribution in [1.29, 1.82) is 0 Å². The monoisotopic (exact) mass is 278 g/mol. The molecule has 0 aromatic carbocycles. The minimum absolute atomic E-state index is 0.135. The Morgan fingerprint density at radius 3 is 3.06 bits per heavy atom. The molecule has 4 nitrogen and oxygen atoms in total. The number of H-pyrrole nitrogens is 1. The number of carbonyl (C=O) groups is 1. The molecule has 0 saturated heterocycles. The van der Waals surface area contributed by atoms with Crippen LogP contribution in [0.2, 0.25) is 0 Å².